The van der Waals surface area contributed by atoms with Crippen molar-refractivity contribution in [3.63, 3.8) is 0 Å². The zero-order valence-electron chi connectivity index (χ0n) is 9.89. The van der Waals surface area contributed by atoms with E-state index in [1.54, 1.807) is 48.5 Å². The highest BCUT2D eigenvalue weighted by atomic mass is 35.5. The highest BCUT2D eigenvalue weighted by Crippen LogP contribution is 2.17. The van der Waals surface area contributed by atoms with E-state index in [0.717, 1.165) is 0 Å². The molecule has 2 amide bonds. The van der Waals surface area contributed by atoms with E-state index >= 15 is 0 Å². The van der Waals surface area contributed by atoms with Crippen molar-refractivity contribution >= 4 is 35.3 Å². The average molecular weight is 275 g/mol. The number of carbonyl (C=O) groups is 2. The fraction of sp³-hybridized carbons (Fsp3) is 0. The van der Waals surface area contributed by atoms with Crippen LogP contribution in [0.5, 0.6) is 0 Å². The lowest BCUT2D eigenvalue weighted by Gasteiger charge is -2.06. The highest BCUT2D eigenvalue weighted by molar-refractivity contribution is 6.30. The lowest BCUT2D eigenvalue weighted by Crippen LogP contribution is -2.12. The van der Waals surface area contributed by atoms with Crippen molar-refractivity contribution in [2.45, 2.75) is 0 Å². The third-order valence-electron chi connectivity index (χ3n) is 2.43. The summed E-state index contributed by atoms with van der Waals surface area (Å²) in [6.45, 7) is 0. The van der Waals surface area contributed by atoms with Crippen LogP contribution in [0.25, 0.3) is 0 Å². The summed E-state index contributed by atoms with van der Waals surface area (Å²) in [5, 5.41) is 5.77. The number of amides is 2. The number of rotatable bonds is 4. The van der Waals surface area contributed by atoms with Crippen LogP contribution in [-0.2, 0) is 4.79 Å². The monoisotopic (exact) mass is 274 g/mol. The van der Waals surface area contributed by atoms with Gasteiger partial charge in [-0.25, -0.2) is 0 Å². The predicted octanol–water partition coefficient (Wildman–Crippen LogP) is 3.16. The maximum Gasteiger partial charge on any atom is 0.255 e. The zero-order valence-corrected chi connectivity index (χ0v) is 10.6. The van der Waals surface area contributed by atoms with Crippen molar-refractivity contribution in [2.75, 3.05) is 10.6 Å². The van der Waals surface area contributed by atoms with Gasteiger partial charge in [0.2, 0.25) is 6.41 Å². The van der Waals surface area contributed by atoms with Crippen molar-refractivity contribution in [3.8, 4) is 0 Å². The third-order valence-corrected chi connectivity index (χ3v) is 2.67. The van der Waals surface area contributed by atoms with Crippen molar-refractivity contribution in [3.05, 3.63) is 59.1 Å². The molecule has 2 N–H and O–H groups in total. The minimum Gasteiger partial charge on any atom is -0.329 e. The van der Waals surface area contributed by atoms with Crippen LogP contribution in [0.4, 0.5) is 11.4 Å². The highest BCUT2D eigenvalue weighted by Gasteiger charge is 2.06. The zero-order chi connectivity index (χ0) is 13.7. The molecule has 2 aromatic rings. The Morgan fingerprint density at radius 2 is 1.79 bits per heavy atom. The summed E-state index contributed by atoms with van der Waals surface area (Å²) in [5.41, 5.74) is 1.63. The van der Waals surface area contributed by atoms with Gasteiger partial charge >= 0.3 is 0 Å². The van der Waals surface area contributed by atoms with Crippen molar-refractivity contribution < 1.29 is 9.59 Å². The van der Waals surface area contributed by atoms with E-state index in [-0.39, 0.29) is 5.91 Å². The fourth-order valence-electron chi connectivity index (χ4n) is 1.59. The van der Waals surface area contributed by atoms with Crippen LogP contribution >= 0.6 is 11.6 Å². The second-order valence-corrected chi connectivity index (χ2v) is 4.24. The number of halogens is 1. The molecule has 0 aromatic heterocycles. The molecule has 0 saturated heterocycles. The Balaban J connectivity index is 2.15. The minimum atomic E-state index is -0.267. The normalized spacial score (nSPS) is 9.74. The van der Waals surface area contributed by atoms with Crippen LogP contribution in [-0.4, -0.2) is 12.3 Å². The fourth-order valence-corrected chi connectivity index (χ4v) is 1.78. The topological polar surface area (TPSA) is 58.2 Å². The summed E-state index contributed by atoms with van der Waals surface area (Å²) in [6, 6.07) is 13.5. The second kappa shape index (κ2) is 6.02. The largest absolute Gasteiger partial charge is 0.329 e. The molecule has 0 spiro atoms. The Morgan fingerprint density at radius 1 is 1.05 bits per heavy atom. The number of hydrogen-bond acceptors (Lipinski definition) is 2. The molecule has 0 heterocycles. The molecular formula is C14H11ClN2O2. The van der Waals surface area contributed by atoms with E-state index in [2.05, 4.69) is 10.6 Å². The predicted molar refractivity (Wildman–Crippen MR) is 75.5 cm³/mol. The Bertz CT molecular complexity index is 614. The molecule has 2 aromatic carbocycles. The summed E-state index contributed by atoms with van der Waals surface area (Å²) in [4.78, 5) is 22.4. The van der Waals surface area contributed by atoms with Gasteiger partial charge < -0.3 is 10.6 Å². The van der Waals surface area contributed by atoms with Crippen LogP contribution in [0.2, 0.25) is 5.02 Å². The van der Waals surface area contributed by atoms with Crippen molar-refractivity contribution in [2.24, 2.45) is 0 Å². The lowest BCUT2D eigenvalue weighted by atomic mass is 10.2. The van der Waals surface area contributed by atoms with Crippen molar-refractivity contribution in [1.82, 2.24) is 0 Å². The Kier molecular flexibility index (Phi) is 4.15. The van der Waals surface area contributed by atoms with E-state index in [1.165, 1.54) is 0 Å². The summed E-state index contributed by atoms with van der Waals surface area (Å²) >= 11 is 5.84. The molecule has 0 aliphatic carbocycles. The Hall–Kier alpha value is -2.33. The summed E-state index contributed by atoms with van der Waals surface area (Å²) in [7, 11) is 0. The van der Waals surface area contributed by atoms with Gasteiger partial charge in [-0.15, -0.1) is 0 Å². The van der Waals surface area contributed by atoms with E-state index < -0.39 is 0 Å². The number of nitrogens with one attached hydrogen (secondary N) is 2. The molecule has 0 atom stereocenters. The molecule has 0 fully saturated rings. The van der Waals surface area contributed by atoms with E-state index in [4.69, 9.17) is 11.6 Å². The van der Waals surface area contributed by atoms with E-state index in [0.29, 0.717) is 28.4 Å². The third kappa shape index (κ3) is 3.56. The van der Waals surface area contributed by atoms with Crippen LogP contribution in [0.3, 0.4) is 0 Å². The van der Waals surface area contributed by atoms with E-state index in [9.17, 15) is 9.59 Å². The molecule has 2 rings (SSSR count). The summed E-state index contributed by atoms with van der Waals surface area (Å²) in [5.74, 6) is -0.267. The molecule has 19 heavy (non-hydrogen) atoms. The summed E-state index contributed by atoms with van der Waals surface area (Å²) < 4.78 is 0. The molecule has 4 nitrogen and oxygen atoms in total. The van der Waals surface area contributed by atoms with Gasteiger partial charge in [0.25, 0.3) is 5.91 Å². The van der Waals surface area contributed by atoms with Gasteiger partial charge in [0.15, 0.2) is 0 Å². The molecule has 0 aliphatic rings. The molecule has 0 bridgehead atoms. The molecule has 0 saturated carbocycles. The number of benzene rings is 2. The number of anilines is 2. The lowest BCUT2D eigenvalue weighted by molar-refractivity contribution is -0.105. The molecule has 0 unspecified atom stereocenters. The first kappa shape index (κ1) is 13.1. The number of carbonyl (C=O) groups excluding carboxylic acids is 2. The first-order chi connectivity index (χ1) is 9.19. The van der Waals surface area contributed by atoms with Gasteiger partial charge in [-0.1, -0.05) is 23.7 Å². The van der Waals surface area contributed by atoms with Gasteiger partial charge in [0.05, 0.1) is 0 Å². The van der Waals surface area contributed by atoms with Crippen LogP contribution < -0.4 is 10.6 Å². The van der Waals surface area contributed by atoms with Gasteiger partial charge in [-0.3, -0.25) is 9.59 Å². The van der Waals surface area contributed by atoms with Gasteiger partial charge in [-0.05, 0) is 36.4 Å². The Morgan fingerprint density at radius 3 is 2.53 bits per heavy atom. The molecule has 96 valence electrons. The molecule has 0 radical (unpaired) electrons. The molecular weight excluding hydrogens is 264 g/mol. The SMILES string of the molecule is O=CNc1cccc(C(=O)Nc2cccc(Cl)c2)c1. The number of hydrogen-bond donors (Lipinski definition) is 2. The standard InChI is InChI=1S/C14H11ClN2O2/c15-11-4-2-6-13(8-11)17-14(19)10-3-1-5-12(7-10)16-9-18/h1-9H,(H,16,18)(H,17,19). The first-order valence-corrected chi connectivity index (χ1v) is 5.94. The van der Waals surface area contributed by atoms with E-state index in [1.807, 2.05) is 0 Å². The second-order valence-electron chi connectivity index (χ2n) is 3.81. The van der Waals surface area contributed by atoms with Gasteiger partial charge in [0.1, 0.15) is 0 Å². The van der Waals surface area contributed by atoms with Crippen molar-refractivity contribution in [1.29, 1.82) is 0 Å². The van der Waals surface area contributed by atoms with Crippen LogP contribution in [0.1, 0.15) is 10.4 Å². The summed E-state index contributed by atoms with van der Waals surface area (Å²) in [6.07, 6.45) is 0.563. The smallest absolute Gasteiger partial charge is 0.255 e. The first-order valence-electron chi connectivity index (χ1n) is 5.56. The van der Waals surface area contributed by atoms with Crippen LogP contribution in [0, 0.1) is 0 Å². The van der Waals surface area contributed by atoms with Crippen LogP contribution in [0.15, 0.2) is 48.5 Å². The quantitative estimate of drug-likeness (QED) is 0.842. The Labute approximate surface area is 115 Å². The minimum absolute atomic E-state index is 0.267. The maximum atomic E-state index is 12.0. The maximum absolute atomic E-state index is 12.0. The molecule has 5 heteroatoms. The van der Waals surface area contributed by atoms with Gasteiger partial charge in [0, 0.05) is 22.0 Å². The van der Waals surface area contributed by atoms with Gasteiger partial charge in [-0.2, -0.15) is 0 Å². The molecule has 0 aliphatic heterocycles. The average Bonchev–Trinajstić information content (AvgIpc) is 2.39.